The standard InChI is InChI=1S/C24H26N2O5S/c1-16(18-7-5-4-6-8-18)13-22(27)25-11-12-26-23(28)21(32-24(26)29)15-17-9-10-19(30-2)20(14-17)31-3/h4-10,14-16H,11-13H2,1-3H3,(H,25,27)/b21-15-. The van der Waals surface area contributed by atoms with E-state index in [1.165, 1.54) is 7.11 Å². The monoisotopic (exact) mass is 454 g/mol. The third-order valence-corrected chi connectivity index (χ3v) is 6.00. The molecule has 2 aromatic carbocycles. The lowest BCUT2D eigenvalue weighted by Gasteiger charge is -2.15. The molecular formula is C24H26N2O5S. The number of ether oxygens (including phenoxy) is 2. The van der Waals surface area contributed by atoms with Crippen LogP contribution in [0.2, 0.25) is 0 Å². The fourth-order valence-corrected chi connectivity index (χ4v) is 4.21. The number of carbonyl (C=O) groups excluding carboxylic acids is 3. The van der Waals surface area contributed by atoms with E-state index < -0.39 is 0 Å². The van der Waals surface area contributed by atoms with Crippen molar-refractivity contribution < 1.29 is 23.9 Å². The lowest BCUT2D eigenvalue weighted by atomic mass is 9.98. The van der Waals surface area contributed by atoms with Gasteiger partial charge in [0.25, 0.3) is 11.1 Å². The SMILES string of the molecule is COc1ccc(/C=C2\SC(=O)N(CCNC(=O)CC(C)c3ccccc3)C2=O)cc1OC. The fourth-order valence-electron chi connectivity index (χ4n) is 3.34. The van der Waals surface area contributed by atoms with Crippen molar-refractivity contribution in [3.63, 3.8) is 0 Å². The number of benzene rings is 2. The summed E-state index contributed by atoms with van der Waals surface area (Å²) in [6.45, 7) is 2.33. The molecule has 7 nitrogen and oxygen atoms in total. The van der Waals surface area contributed by atoms with Gasteiger partial charge in [-0.3, -0.25) is 19.3 Å². The normalized spacial score (nSPS) is 15.7. The van der Waals surface area contributed by atoms with Crippen molar-refractivity contribution in [2.24, 2.45) is 0 Å². The molecule has 168 valence electrons. The molecule has 0 saturated carbocycles. The molecule has 1 aliphatic rings. The maximum atomic E-state index is 12.7. The second-order valence-electron chi connectivity index (χ2n) is 7.31. The molecule has 3 rings (SSSR count). The molecule has 1 aliphatic heterocycles. The largest absolute Gasteiger partial charge is 0.493 e. The van der Waals surface area contributed by atoms with Gasteiger partial charge < -0.3 is 14.8 Å². The van der Waals surface area contributed by atoms with Gasteiger partial charge in [0.2, 0.25) is 5.91 Å². The molecular weight excluding hydrogens is 428 g/mol. The number of hydrogen-bond donors (Lipinski definition) is 1. The fraction of sp³-hybridized carbons (Fsp3) is 0.292. The first-order chi connectivity index (χ1) is 15.4. The van der Waals surface area contributed by atoms with Crippen LogP contribution in [-0.4, -0.2) is 49.3 Å². The minimum absolute atomic E-state index is 0.0813. The van der Waals surface area contributed by atoms with Crippen molar-refractivity contribution in [2.45, 2.75) is 19.3 Å². The molecule has 1 unspecified atom stereocenters. The molecule has 32 heavy (non-hydrogen) atoms. The summed E-state index contributed by atoms with van der Waals surface area (Å²) in [5.74, 6) is 0.705. The van der Waals surface area contributed by atoms with E-state index in [0.717, 1.165) is 27.8 Å². The smallest absolute Gasteiger partial charge is 0.293 e. The van der Waals surface area contributed by atoms with Crippen LogP contribution in [0.25, 0.3) is 6.08 Å². The number of imide groups is 1. The Morgan fingerprint density at radius 2 is 1.81 bits per heavy atom. The van der Waals surface area contributed by atoms with Crippen LogP contribution in [0.3, 0.4) is 0 Å². The third-order valence-electron chi connectivity index (χ3n) is 5.10. The summed E-state index contributed by atoms with van der Waals surface area (Å²) in [5, 5.41) is 2.45. The molecule has 1 saturated heterocycles. The summed E-state index contributed by atoms with van der Waals surface area (Å²) < 4.78 is 10.5. The van der Waals surface area contributed by atoms with Crippen molar-refractivity contribution >= 4 is 34.9 Å². The molecule has 0 aromatic heterocycles. The number of thioether (sulfide) groups is 1. The van der Waals surface area contributed by atoms with Gasteiger partial charge in [0, 0.05) is 19.5 Å². The lowest BCUT2D eigenvalue weighted by Crippen LogP contribution is -2.37. The second-order valence-corrected chi connectivity index (χ2v) is 8.31. The van der Waals surface area contributed by atoms with Crippen LogP contribution >= 0.6 is 11.8 Å². The molecule has 0 radical (unpaired) electrons. The average molecular weight is 455 g/mol. The zero-order chi connectivity index (χ0) is 23.1. The Bertz CT molecular complexity index is 1020. The number of nitrogens with zero attached hydrogens (tertiary/aromatic N) is 1. The molecule has 1 heterocycles. The predicted molar refractivity (Wildman–Crippen MR) is 125 cm³/mol. The van der Waals surface area contributed by atoms with Crippen LogP contribution in [0.1, 0.15) is 30.4 Å². The predicted octanol–water partition coefficient (Wildman–Crippen LogP) is 4.05. The van der Waals surface area contributed by atoms with Gasteiger partial charge in [0.1, 0.15) is 0 Å². The van der Waals surface area contributed by atoms with E-state index >= 15 is 0 Å². The topological polar surface area (TPSA) is 84.9 Å². The number of methoxy groups -OCH3 is 2. The van der Waals surface area contributed by atoms with Crippen LogP contribution in [0.4, 0.5) is 4.79 Å². The summed E-state index contributed by atoms with van der Waals surface area (Å²) in [6, 6.07) is 15.1. The third kappa shape index (κ3) is 5.70. The second kappa shape index (κ2) is 10.9. The Morgan fingerprint density at radius 3 is 2.50 bits per heavy atom. The van der Waals surface area contributed by atoms with Crippen molar-refractivity contribution in [1.29, 1.82) is 0 Å². The molecule has 3 amide bonds. The van der Waals surface area contributed by atoms with Crippen LogP contribution in [0.15, 0.2) is 53.4 Å². The first-order valence-corrected chi connectivity index (χ1v) is 11.0. The Labute approximate surface area is 191 Å². The first kappa shape index (κ1) is 23.4. The highest BCUT2D eigenvalue weighted by Gasteiger charge is 2.34. The summed E-state index contributed by atoms with van der Waals surface area (Å²) in [6.07, 6.45) is 1.98. The quantitative estimate of drug-likeness (QED) is 0.576. The highest BCUT2D eigenvalue weighted by molar-refractivity contribution is 8.18. The average Bonchev–Trinajstić information content (AvgIpc) is 3.06. The van der Waals surface area contributed by atoms with Gasteiger partial charge in [-0.1, -0.05) is 43.3 Å². The van der Waals surface area contributed by atoms with Gasteiger partial charge in [-0.25, -0.2) is 0 Å². The van der Waals surface area contributed by atoms with E-state index in [2.05, 4.69) is 5.32 Å². The summed E-state index contributed by atoms with van der Waals surface area (Å²) in [7, 11) is 3.08. The van der Waals surface area contributed by atoms with Crippen LogP contribution in [-0.2, 0) is 9.59 Å². The van der Waals surface area contributed by atoms with E-state index in [4.69, 9.17) is 9.47 Å². The minimum atomic E-state index is -0.373. The highest BCUT2D eigenvalue weighted by Crippen LogP contribution is 2.34. The van der Waals surface area contributed by atoms with Gasteiger partial charge in [-0.2, -0.15) is 0 Å². The zero-order valence-electron chi connectivity index (χ0n) is 18.3. The summed E-state index contributed by atoms with van der Waals surface area (Å²) in [4.78, 5) is 38.7. The van der Waals surface area contributed by atoms with E-state index in [0.29, 0.717) is 22.8 Å². The number of hydrogen-bond acceptors (Lipinski definition) is 6. The minimum Gasteiger partial charge on any atom is -0.493 e. The number of rotatable bonds is 9. The first-order valence-electron chi connectivity index (χ1n) is 10.2. The van der Waals surface area contributed by atoms with E-state index in [9.17, 15) is 14.4 Å². The molecule has 1 fully saturated rings. The number of carbonyl (C=O) groups is 3. The Kier molecular flexibility index (Phi) is 7.94. The van der Waals surface area contributed by atoms with Gasteiger partial charge in [-0.15, -0.1) is 0 Å². The van der Waals surface area contributed by atoms with Crippen molar-refractivity contribution in [3.8, 4) is 11.5 Å². The summed E-state index contributed by atoms with van der Waals surface area (Å²) in [5.41, 5.74) is 1.81. The van der Waals surface area contributed by atoms with Crippen LogP contribution < -0.4 is 14.8 Å². The summed E-state index contributed by atoms with van der Waals surface area (Å²) >= 11 is 0.881. The molecule has 0 bridgehead atoms. The van der Waals surface area contributed by atoms with Gasteiger partial charge in [0.15, 0.2) is 11.5 Å². The van der Waals surface area contributed by atoms with E-state index in [1.54, 1.807) is 31.4 Å². The van der Waals surface area contributed by atoms with Gasteiger partial charge in [0.05, 0.1) is 19.1 Å². The van der Waals surface area contributed by atoms with Crippen LogP contribution in [0.5, 0.6) is 11.5 Å². The molecule has 2 aromatic rings. The van der Waals surface area contributed by atoms with Crippen molar-refractivity contribution in [2.75, 3.05) is 27.3 Å². The van der Waals surface area contributed by atoms with Crippen molar-refractivity contribution in [1.82, 2.24) is 10.2 Å². The number of nitrogens with one attached hydrogen (secondary N) is 1. The van der Waals surface area contributed by atoms with E-state index in [-0.39, 0.29) is 36.1 Å². The maximum Gasteiger partial charge on any atom is 0.293 e. The highest BCUT2D eigenvalue weighted by atomic mass is 32.2. The zero-order valence-corrected chi connectivity index (χ0v) is 19.1. The molecule has 1 atom stereocenters. The molecule has 8 heteroatoms. The van der Waals surface area contributed by atoms with Gasteiger partial charge in [-0.05, 0) is 47.0 Å². The molecule has 1 N–H and O–H groups in total. The number of amides is 3. The maximum absolute atomic E-state index is 12.7. The van der Waals surface area contributed by atoms with Crippen LogP contribution in [0, 0.1) is 0 Å². The lowest BCUT2D eigenvalue weighted by molar-refractivity contribution is -0.124. The molecule has 0 aliphatic carbocycles. The van der Waals surface area contributed by atoms with Gasteiger partial charge >= 0.3 is 0 Å². The Morgan fingerprint density at radius 1 is 1.09 bits per heavy atom. The van der Waals surface area contributed by atoms with Crippen molar-refractivity contribution in [3.05, 3.63) is 64.6 Å². The van der Waals surface area contributed by atoms with E-state index in [1.807, 2.05) is 37.3 Å². The molecule has 0 spiro atoms. The Balaban J connectivity index is 1.55. The Hall–Kier alpha value is -3.26.